The van der Waals surface area contributed by atoms with E-state index in [1.54, 1.807) is 24.6 Å². The average molecular weight is 402 g/mol. The SMILES string of the molecule is COc1ccc(C2=NN(Cc3ccccn3)C(=O)c3cc4sccc4n3C2)cc1. The lowest BCUT2D eigenvalue weighted by molar-refractivity contribution is 0.0742. The second kappa shape index (κ2) is 7.18. The van der Waals surface area contributed by atoms with E-state index in [9.17, 15) is 4.79 Å². The molecule has 0 bridgehead atoms. The summed E-state index contributed by atoms with van der Waals surface area (Å²) in [6.45, 7) is 0.838. The fourth-order valence-electron chi connectivity index (χ4n) is 3.51. The summed E-state index contributed by atoms with van der Waals surface area (Å²) in [5, 5.41) is 8.32. The van der Waals surface area contributed by atoms with Gasteiger partial charge in [0.05, 0.1) is 41.8 Å². The van der Waals surface area contributed by atoms with Gasteiger partial charge in [0.25, 0.3) is 5.91 Å². The summed E-state index contributed by atoms with van der Waals surface area (Å²) in [4.78, 5) is 17.7. The summed E-state index contributed by atoms with van der Waals surface area (Å²) < 4.78 is 8.42. The third-order valence-corrected chi connectivity index (χ3v) is 5.84. The monoisotopic (exact) mass is 402 g/mol. The Balaban J connectivity index is 1.62. The third-order valence-electron chi connectivity index (χ3n) is 4.99. The van der Waals surface area contributed by atoms with Gasteiger partial charge in [-0.25, -0.2) is 5.01 Å². The van der Waals surface area contributed by atoms with Gasteiger partial charge in [0.15, 0.2) is 0 Å². The van der Waals surface area contributed by atoms with E-state index in [-0.39, 0.29) is 5.91 Å². The Labute approximate surface area is 171 Å². The molecule has 0 atom stereocenters. The maximum Gasteiger partial charge on any atom is 0.291 e. The van der Waals surface area contributed by atoms with Crippen LogP contribution in [0.4, 0.5) is 0 Å². The molecule has 3 aromatic heterocycles. The molecule has 4 heterocycles. The summed E-state index contributed by atoms with van der Waals surface area (Å²) in [7, 11) is 1.64. The van der Waals surface area contributed by atoms with Crippen molar-refractivity contribution in [1.29, 1.82) is 0 Å². The van der Waals surface area contributed by atoms with Crippen molar-refractivity contribution >= 4 is 33.2 Å². The number of carbonyl (C=O) groups excluding carboxylic acids is 1. The van der Waals surface area contributed by atoms with E-state index in [0.717, 1.165) is 32.9 Å². The molecule has 1 aliphatic rings. The Bertz CT molecular complexity index is 1210. The minimum absolute atomic E-state index is 0.123. The molecule has 0 unspecified atom stereocenters. The van der Waals surface area contributed by atoms with Gasteiger partial charge in [0.1, 0.15) is 11.4 Å². The van der Waals surface area contributed by atoms with Crippen molar-refractivity contribution in [3.05, 3.63) is 83.1 Å². The lowest BCUT2D eigenvalue weighted by atomic mass is 10.1. The summed E-state index contributed by atoms with van der Waals surface area (Å²) in [5.41, 5.74) is 4.27. The number of fused-ring (bicyclic) bond motifs is 3. The Kier molecular flexibility index (Phi) is 4.37. The molecule has 0 N–H and O–H groups in total. The van der Waals surface area contributed by atoms with Gasteiger partial charge in [-0.15, -0.1) is 11.3 Å². The van der Waals surface area contributed by atoms with Gasteiger partial charge in [-0.3, -0.25) is 9.78 Å². The zero-order valence-electron chi connectivity index (χ0n) is 15.8. The molecule has 0 saturated carbocycles. The smallest absolute Gasteiger partial charge is 0.291 e. The highest BCUT2D eigenvalue weighted by Gasteiger charge is 2.27. The number of benzene rings is 1. The highest BCUT2D eigenvalue weighted by molar-refractivity contribution is 7.17. The molecular weight excluding hydrogens is 384 g/mol. The van der Waals surface area contributed by atoms with E-state index < -0.39 is 0 Å². The van der Waals surface area contributed by atoms with Crippen LogP contribution in [0.15, 0.2) is 71.3 Å². The molecule has 6 nitrogen and oxygen atoms in total. The largest absolute Gasteiger partial charge is 0.497 e. The van der Waals surface area contributed by atoms with E-state index in [1.807, 2.05) is 53.9 Å². The van der Waals surface area contributed by atoms with Gasteiger partial charge in [0, 0.05) is 6.20 Å². The van der Waals surface area contributed by atoms with Crippen LogP contribution in [-0.2, 0) is 13.1 Å². The van der Waals surface area contributed by atoms with E-state index in [0.29, 0.717) is 18.8 Å². The van der Waals surface area contributed by atoms with Gasteiger partial charge >= 0.3 is 0 Å². The first kappa shape index (κ1) is 17.6. The first-order valence-corrected chi connectivity index (χ1v) is 10.1. The first-order chi connectivity index (χ1) is 14.2. The van der Waals surface area contributed by atoms with Crippen molar-refractivity contribution in [2.45, 2.75) is 13.1 Å². The number of rotatable bonds is 4. The number of pyridine rings is 1. The van der Waals surface area contributed by atoms with Crippen LogP contribution >= 0.6 is 11.3 Å². The van der Waals surface area contributed by atoms with Gasteiger partial charge in [-0.2, -0.15) is 5.10 Å². The maximum atomic E-state index is 13.3. The van der Waals surface area contributed by atoms with Crippen molar-refractivity contribution in [3.63, 3.8) is 0 Å². The third kappa shape index (κ3) is 3.19. The van der Waals surface area contributed by atoms with Crippen LogP contribution in [-0.4, -0.2) is 33.3 Å². The van der Waals surface area contributed by atoms with Crippen molar-refractivity contribution in [2.24, 2.45) is 5.10 Å². The van der Waals surface area contributed by atoms with Crippen LogP contribution in [0.2, 0.25) is 0 Å². The quantitative estimate of drug-likeness (QED) is 0.515. The predicted molar refractivity (Wildman–Crippen MR) is 113 cm³/mol. The van der Waals surface area contributed by atoms with Crippen molar-refractivity contribution in [3.8, 4) is 5.75 Å². The number of methoxy groups -OCH3 is 1. The van der Waals surface area contributed by atoms with Gasteiger partial charge in [-0.05, 0) is 59.5 Å². The number of ether oxygens (including phenoxy) is 1. The van der Waals surface area contributed by atoms with E-state index in [2.05, 4.69) is 15.6 Å². The number of nitrogens with zero attached hydrogens (tertiary/aromatic N) is 4. The van der Waals surface area contributed by atoms with Gasteiger partial charge < -0.3 is 9.30 Å². The molecule has 1 aromatic carbocycles. The molecule has 144 valence electrons. The standard InChI is InChI=1S/C22H18N4O2S/c1-28-17-7-5-15(6-8-17)18-14-25-19-9-11-29-21(19)12-20(25)22(27)26(24-18)13-16-4-2-3-10-23-16/h2-12H,13-14H2,1H3. The number of hydrogen-bond donors (Lipinski definition) is 0. The number of amides is 1. The van der Waals surface area contributed by atoms with Crippen LogP contribution in [0, 0.1) is 0 Å². The number of carbonyl (C=O) groups is 1. The molecule has 0 radical (unpaired) electrons. The molecule has 0 saturated heterocycles. The average Bonchev–Trinajstić information content (AvgIpc) is 3.32. The molecule has 5 rings (SSSR count). The Morgan fingerprint density at radius 1 is 1.14 bits per heavy atom. The minimum atomic E-state index is -0.123. The van der Waals surface area contributed by atoms with Crippen LogP contribution in [0.1, 0.15) is 21.7 Å². The summed E-state index contributed by atoms with van der Waals surface area (Å²) in [6.07, 6.45) is 1.73. The number of hydrazone groups is 1. The van der Waals surface area contributed by atoms with E-state index in [1.165, 1.54) is 5.01 Å². The zero-order chi connectivity index (χ0) is 19.8. The fraction of sp³-hybridized carbons (Fsp3) is 0.136. The first-order valence-electron chi connectivity index (χ1n) is 9.23. The molecule has 1 aliphatic heterocycles. The normalized spacial score (nSPS) is 13.9. The number of hydrogen-bond acceptors (Lipinski definition) is 5. The number of thiophene rings is 1. The summed E-state index contributed by atoms with van der Waals surface area (Å²) in [6, 6.07) is 17.4. The lowest BCUT2D eigenvalue weighted by Gasteiger charge is -2.16. The van der Waals surface area contributed by atoms with Crippen LogP contribution in [0.5, 0.6) is 5.75 Å². The van der Waals surface area contributed by atoms with Gasteiger partial charge in [-0.1, -0.05) is 6.07 Å². The Morgan fingerprint density at radius 2 is 2.00 bits per heavy atom. The summed E-state index contributed by atoms with van der Waals surface area (Å²) >= 11 is 1.64. The van der Waals surface area contributed by atoms with Crippen LogP contribution in [0.25, 0.3) is 10.2 Å². The highest BCUT2D eigenvalue weighted by atomic mass is 32.1. The van der Waals surface area contributed by atoms with Crippen molar-refractivity contribution in [2.75, 3.05) is 7.11 Å². The maximum absolute atomic E-state index is 13.3. The summed E-state index contributed by atoms with van der Waals surface area (Å²) in [5.74, 6) is 0.661. The molecule has 0 spiro atoms. The molecule has 0 aliphatic carbocycles. The predicted octanol–water partition coefficient (Wildman–Crippen LogP) is 4.17. The molecular formula is C22H18N4O2S. The second-order valence-corrected chi connectivity index (χ2v) is 7.69. The lowest BCUT2D eigenvalue weighted by Crippen LogP contribution is -2.26. The van der Waals surface area contributed by atoms with Crippen molar-refractivity contribution in [1.82, 2.24) is 14.6 Å². The highest BCUT2D eigenvalue weighted by Crippen LogP contribution is 2.29. The zero-order valence-corrected chi connectivity index (χ0v) is 16.6. The molecule has 29 heavy (non-hydrogen) atoms. The van der Waals surface area contributed by atoms with Crippen molar-refractivity contribution < 1.29 is 9.53 Å². The van der Waals surface area contributed by atoms with Gasteiger partial charge in [0.2, 0.25) is 0 Å². The molecule has 4 aromatic rings. The molecule has 7 heteroatoms. The topological polar surface area (TPSA) is 59.7 Å². The number of aromatic nitrogens is 2. The Hall–Kier alpha value is -3.45. The van der Waals surface area contributed by atoms with E-state index >= 15 is 0 Å². The molecule has 1 amide bonds. The second-order valence-electron chi connectivity index (χ2n) is 6.74. The Morgan fingerprint density at radius 3 is 2.76 bits per heavy atom. The molecule has 0 fully saturated rings. The minimum Gasteiger partial charge on any atom is -0.497 e. The van der Waals surface area contributed by atoms with E-state index in [4.69, 9.17) is 9.84 Å². The van der Waals surface area contributed by atoms with Crippen LogP contribution in [0.3, 0.4) is 0 Å². The van der Waals surface area contributed by atoms with Crippen LogP contribution < -0.4 is 4.74 Å². The fourth-order valence-corrected chi connectivity index (χ4v) is 4.34.